The second-order valence-electron chi connectivity index (χ2n) is 4.94. The molecule has 2 aromatic rings. The average molecular weight is 307 g/mol. The standard InChI is InChI=1S/C16H15ClO2S/c1-19-13-8-11(6-7-12(13)17)16(18)15-9-10-4-2-3-5-14(10)20-15/h6-9H,2-5H2,1H3. The second kappa shape index (κ2) is 5.58. The number of halogens is 1. The largest absolute Gasteiger partial charge is 0.495 e. The lowest BCUT2D eigenvalue weighted by Gasteiger charge is -2.08. The van der Waals surface area contributed by atoms with Crippen molar-refractivity contribution in [3.8, 4) is 5.75 Å². The molecule has 1 aliphatic rings. The van der Waals surface area contributed by atoms with Crippen LogP contribution >= 0.6 is 22.9 Å². The maximum atomic E-state index is 12.6. The molecule has 104 valence electrons. The third-order valence-corrected chi connectivity index (χ3v) is 5.18. The zero-order valence-electron chi connectivity index (χ0n) is 11.2. The monoisotopic (exact) mass is 306 g/mol. The minimum Gasteiger partial charge on any atom is -0.495 e. The Bertz CT molecular complexity index is 637. The van der Waals surface area contributed by atoms with Crippen molar-refractivity contribution < 1.29 is 9.53 Å². The van der Waals surface area contributed by atoms with E-state index in [1.807, 2.05) is 0 Å². The zero-order valence-corrected chi connectivity index (χ0v) is 12.8. The fourth-order valence-electron chi connectivity index (χ4n) is 2.55. The Morgan fingerprint density at radius 3 is 2.80 bits per heavy atom. The van der Waals surface area contributed by atoms with Crippen LogP contribution in [-0.4, -0.2) is 12.9 Å². The normalized spacial score (nSPS) is 13.9. The van der Waals surface area contributed by atoms with E-state index in [-0.39, 0.29) is 5.78 Å². The van der Waals surface area contributed by atoms with Gasteiger partial charge in [-0.1, -0.05) is 11.6 Å². The Kier molecular flexibility index (Phi) is 3.81. The van der Waals surface area contributed by atoms with Gasteiger partial charge in [0.15, 0.2) is 0 Å². The highest BCUT2D eigenvalue weighted by molar-refractivity contribution is 7.14. The fourth-order valence-corrected chi connectivity index (χ4v) is 3.96. The first-order chi connectivity index (χ1) is 9.69. The number of methoxy groups -OCH3 is 1. The number of benzene rings is 1. The van der Waals surface area contributed by atoms with Crippen molar-refractivity contribution in [2.24, 2.45) is 0 Å². The van der Waals surface area contributed by atoms with Crippen LogP contribution in [-0.2, 0) is 12.8 Å². The molecule has 1 heterocycles. The van der Waals surface area contributed by atoms with Gasteiger partial charge in [-0.3, -0.25) is 4.79 Å². The molecule has 0 amide bonds. The number of rotatable bonds is 3. The quantitative estimate of drug-likeness (QED) is 0.779. The van der Waals surface area contributed by atoms with Crippen molar-refractivity contribution in [3.05, 3.63) is 50.2 Å². The lowest BCUT2D eigenvalue weighted by Crippen LogP contribution is -1.99. The van der Waals surface area contributed by atoms with E-state index in [0.717, 1.165) is 17.7 Å². The van der Waals surface area contributed by atoms with Crippen molar-refractivity contribution in [1.82, 2.24) is 0 Å². The predicted octanol–water partition coefficient (Wildman–Crippen LogP) is 4.52. The van der Waals surface area contributed by atoms with Gasteiger partial charge in [0, 0.05) is 10.4 Å². The number of hydrogen-bond acceptors (Lipinski definition) is 3. The third-order valence-electron chi connectivity index (χ3n) is 3.63. The molecule has 1 aliphatic carbocycles. The third kappa shape index (κ3) is 2.48. The summed E-state index contributed by atoms with van der Waals surface area (Å²) in [4.78, 5) is 14.8. The second-order valence-corrected chi connectivity index (χ2v) is 6.49. The molecule has 1 aromatic heterocycles. The van der Waals surface area contributed by atoms with Crippen molar-refractivity contribution in [2.45, 2.75) is 25.7 Å². The van der Waals surface area contributed by atoms with Gasteiger partial charge in [0.05, 0.1) is 17.0 Å². The molecule has 3 rings (SSSR count). The van der Waals surface area contributed by atoms with Crippen LogP contribution in [0.1, 0.15) is 38.5 Å². The summed E-state index contributed by atoms with van der Waals surface area (Å²) in [5.74, 6) is 0.596. The van der Waals surface area contributed by atoms with E-state index in [9.17, 15) is 4.79 Å². The number of fused-ring (bicyclic) bond motifs is 1. The highest BCUT2D eigenvalue weighted by Crippen LogP contribution is 2.32. The molecule has 0 fully saturated rings. The number of ether oxygens (including phenoxy) is 1. The van der Waals surface area contributed by atoms with Crippen molar-refractivity contribution >= 4 is 28.7 Å². The molecule has 0 saturated carbocycles. The van der Waals surface area contributed by atoms with Gasteiger partial charge in [-0.2, -0.15) is 0 Å². The molecule has 4 heteroatoms. The van der Waals surface area contributed by atoms with Crippen LogP contribution in [0.4, 0.5) is 0 Å². The summed E-state index contributed by atoms with van der Waals surface area (Å²) in [6.07, 6.45) is 4.67. The highest BCUT2D eigenvalue weighted by Gasteiger charge is 2.19. The van der Waals surface area contributed by atoms with Gasteiger partial charge in [0.1, 0.15) is 5.75 Å². The zero-order chi connectivity index (χ0) is 14.1. The topological polar surface area (TPSA) is 26.3 Å². The molecule has 0 unspecified atom stereocenters. The first-order valence-corrected chi connectivity index (χ1v) is 7.88. The van der Waals surface area contributed by atoms with Gasteiger partial charge in [-0.15, -0.1) is 11.3 Å². The number of carbonyl (C=O) groups excluding carboxylic acids is 1. The minimum atomic E-state index is 0.0550. The Hall–Kier alpha value is -1.32. The van der Waals surface area contributed by atoms with Crippen LogP contribution in [0.5, 0.6) is 5.75 Å². The summed E-state index contributed by atoms with van der Waals surface area (Å²) in [7, 11) is 1.55. The lowest BCUT2D eigenvalue weighted by molar-refractivity contribution is 0.104. The minimum absolute atomic E-state index is 0.0550. The number of hydrogen-bond donors (Lipinski definition) is 0. The summed E-state index contributed by atoms with van der Waals surface area (Å²) < 4.78 is 5.17. The summed E-state index contributed by atoms with van der Waals surface area (Å²) >= 11 is 7.63. The number of thiophene rings is 1. The van der Waals surface area contributed by atoms with Gasteiger partial charge in [0.2, 0.25) is 5.78 Å². The maximum Gasteiger partial charge on any atom is 0.203 e. The molecule has 1 aromatic carbocycles. The Morgan fingerprint density at radius 2 is 2.05 bits per heavy atom. The van der Waals surface area contributed by atoms with Crippen LogP contribution in [0.25, 0.3) is 0 Å². The van der Waals surface area contributed by atoms with E-state index in [1.54, 1.807) is 36.6 Å². The fraction of sp³-hybridized carbons (Fsp3) is 0.312. The van der Waals surface area contributed by atoms with Crippen LogP contribution in [0.15, 0.2) is 24.3 Å². The van der Waals surface area contributed by atoms with Crippen LogP contribution < -0.4 is 4.74 Å². The van der Waals surface area contributed by atoms with E-state index in [0.29, 0.717) is 16.3 Å². The summed E-state index contributed by atoms with van der Waals surface area (Å²) in [6.45, 7) is 0. The van der Waals surface area contributed by atoms with E-state index in [1.165, 1.54) is 23.3 Å². The Labute approximate surface area is 127 Å². The molecule has 2 nitrogen and oxygen atoms in total. The molecule has 0 spiro atoms. The van der Waals surface area contributed by atoms with Crippen LogP contribution in [0, 0.1) is 0 Å². The van der Waals surface area contributed by atoms with Crippen LogP contribution in [0.2, 0.25) is 5.02 Å². The first kappa shape index (κ1) is 13.7. The molecule has 0 N–H and O–H groups in total. The summed E-state index contributed by atoms with van der Waals surface area (Å²) in [5.41, 5.74) is 1.98. The predicted molar refractivity (Wildman–Crippen MR) is 82.4 cm³/mol. The van der Waals surface area contributed by atoms with E-state index in [4.69, 9.17) is 16.3 Å². The first-order valence-electron chi connectivity index (χ1n) is 6.69. The van der Waals surface area contributed by atoms with Crippen molar-refractivity contribution in [2.75, 3.05) is 7.11 Å². The molecule has 0 bridgehead atoms. The van der Waals surface area contributed by atoms with E-state index >= 15 is 0 Å². The molecule has 0 saturated heterocycles. The highest BCUT2D eigenvalue weighted by atomic mass is 35.5. The number of aryl methyl sites for hydroxylation is 2. The van der Waals surface area contributed by atoms with Gasteiger partial charge in [-0.25, -0.2) is 0 Å². The number of ketones is 1. The smallest absolute Gasteiger partial charge is 0.203 e. The number of carbonyl (C=O) groups is 1. The van der Waals surface area contributed by atoms with E-state index in [2.05, 4.69) is 6.07 Å². The molecular formula is C16H15ClO2S. The maximum absolute atomic E-state index is 12.6. The van der Waals surface area contributed by atoms with Gasteiger partial charge in [-0.05, 0) is 55.5 Å². The summed E-state index contributed by atoms with van der Waals surface area (Å²) in [6, 6.07) is 7.24. The Morgan fingerprint density at radius 1 is 1.25 bits per heavy atom. The molecule has 0 atom stereocenters. The van der Waals surface area contributed by atoms with Crippen molar-refractivity contribution in [1.29, 1.82) is 0 Å². The molecular weight excluding hydrogens is 292 g/mol. The lowest BCUT2D eigenvalue weighted by atomic mass is 9.98. The van der Waals surface area contributed by atoms with Gasteiger partial charge >= 0.3 is 0 Å². The average Bonchev–Trinajstić information content (AvgIpc) is 2.91. The van der Waals surface area contributed by atoms with E-state index < -0.39 is 0 Å². The van der Waals surface area contributed by atoms with Crippen molar-refractivity contribution in [3.63, 3.8) is 0 Å². The van der Waals surface area contributed by atoms with Crippen LogP contribution in [0.3, 0.4) is 0 Å². The SMILES string of the molecule is COc1cc(C(=O)c2cc3c(s2)CCCC3)ccc1Cl. The summed E-state index contributed by atoms with van der Waals surface area (Å²) in [5, 5.41) is 0.523. The molecule has 0 aliphatic heterocycles. The van der Waals surface area contributed by atoms with Gasteiger partial charge in [0.25, 0.3) is 0 Å². The molecule has 0 radical (unpaired) electrons. The Balaban J connectivity index is 1.94. The molecule has 20 heavy (non-hydrogen) atoms. The van der Waals surface area contributed by atoms with Gasteiger partial charge < -0.3 is 4.74 Å².